The highest BCUT2D eigenvalue weighted by molar-refractivity contribution is 5.94. The van der Waals surface area contributed by atoms with E-state index in [1.54, 1.807) is 31.3 Å². The molecule has 0 spiro atoms. The van der Waals surface area contributed by atoms with E-state index in [9.17, 15) is 37.6 Å². The number of hydrogen-bond acceptors (Lipinski definition) is 5. The van der Waals surface area contributed by atoms with Crippen LogP contribution >= 0.6 is 0 Å². The Morgan fingerprint density at radius 2 is 1.85 bits per heavy atom. The largest absolute Gasteiger partial charge is 0.471 e. The summed E-state index contributed by atoms with van der Waals surface area (Å²) in [6, 6.07) is -2.37. The van der Waals surface area contributed by atoms with Crippen LogP contribution < -0.4 is 16.0 Å². The minimum atomic E-state index is -5.26. The lowest BCUT2D eigenvalue weighted by Crippen LogP contribution is -2.60. The van der Waals surface area contributed by atoms with E-state index in [0.29, 0.717) is 13.0 Å². The summed E-state index contributed by atoms with van der Waals surface area (Å²) in [7, 11) is 0. The molecule has 9 nitrogen and oxygen atoms in total. The van der Waals surface area contributed by atoms with Crippen molar-refractivity contribution in [2.75, 3.05) is 13.1 Å². The van der Waals surface area contributed by atoms with Crippen LogP contribution in [0.3, 0.4) is 0 Å². The summed E-state index contributed by atoms with van der Waals surface area (Å²) >= 11 is 0. The molecule has 3 N–H and O–H groups in total. The van der Waals surface area contributed by atoms with Crippen LogP contribution in [0.25, 0.3) is 0 Å². The number of rotatable bonds is 6. The Kier molecular flexibility index (Phi) is 8.39. The van der Waals surface area contributed by atoms with Crippen LogP contribution in [0.5, 0.6) is 0 Å². The number of halogens is 4. The fourth-order valence-electron chi connectivity index (χ4n) is 5.82. The van der Waals surface area contributed by atoms with Crippen LogP contribution in [0.4, 0.5) is 17.6 Å². The van der Waals surface area contributed by atoms with Crippen molar-refractivity contribution in [3.63, 3.8) is 0 Å². The Morgan fingerprint density at radius 3 is 2.36 bits per heavy atom. The van der Waals surface area contributed by atoms with Crippen molar-refractivity contribution in [1.82, 2.24) is 20.9 Å². The predicted octanol–water partition coefficient (Wildman–Crippen LogP) is 1.99. The maximum absolute atomic E-state index is 16.6. The van der Waals surface area contributed by atoms with Gasteiger partial charge in [-0.25, -0.2) is 4.39 Å². The summed E-state index contributed by atoms with van der Waals surface area (Å²) in [5.41, 5.74) is -3.31. The number of allylic oxidation sites excluding steroid dienone is 2. The molecule has 2 saturated heterocycles. The van der Waals surface area contributed by atoms with Gasteiger partial charge in [-0.2, -0.15) is 18.4 Å². The summed E-state index contributed by atoms with van der Waals surface area (Å²) in [6.07, 6.45) is -1.42. The molecule has 3 rings (SSSR count). The van der Waals surface area contributed by atoms with E-state index in [1.807, 2.05) is 6.07 Å². The Morgan fingerprint density at radius 1 is 1.21 bits per heavy atom. The normalized spacial score (nSPS) is 32.1. The molecule has 0 unspecified atom stereocenters. The first-order valence-corrected chi connectivity index (χ1v) is 12.9. The standard InChI is InChI=1S/C26H35F4N5O4/c1-13-6-7-14(2)25(27)12-35(22(38)19(24(3,4)5)34-23(39)26(28,29)30)18(17(13)25)21(37)33-16(11-31)10-15-8-9-32-20(15)36/h6-7,13-19H,8-10,12H2,1-5H3,(H,32,36)(H,33,37)(H,34,39)/t13-,14+,15+,16+,17-,18+,19-,25+/m1/s1. The predicted molar refractivity (Wildman–Crippen MR) is 131 cm³/mol. The van der Waals surface area contributed by atoms with E-state index in [1.165, 1.54) is 20.8 Å². The van der Waals surface area contributed by atoms with E-state index in [2.05, 4.69) is 10.6 Å². The number of amides is 4. The van der Waals surface area contributed by atoms with Crippen molar-refractivity contribution >= 4 is 23.6 Å². The number of carbonyl (C=O) groups excluding carboxylic acids is 4. The van der Waals surface area contributed by atoms with Gasteiger partial charge in [-0.1, -0.05) is 46.8 Å². The zero-order chi connectivity index (χ0) is 29.5. The lowest BCUT2D eigenvalue weighted by molar-refractivity contribution is -0.176. The van der Waals surface area contributed by atoms with Crippen molar-refractivity contribution in [1.29, 1.82) is 5.26 Å². The molecule has 216 valence electrons. The summed E-state index contributed by atoms with van der Waals surface area (Å²) in [5, 5.41) is 16.6. The van der Waals surface area contributed by atoms with Gasteiger partial charge in [-0.3, -0.25) is 19.2 Å². The molecular weight excluding hydrogens is 522 g/mol. The smallest absolute Gasteiger partial charge is 0.356 e. The van der Waals surface area contributed by atoms with Crippen LogP contribution in [-0.2, 0) is 19.2 Å². The lowest BCUT2D eigenvalue weighted by atomic mass is 9.68. The molecular formula is C26H35F4N5O4. The quantitative estimate of drug-likeness (QED) is 0.340. The fraction of sp³-hybridized carbons (Fsp3) is 0.731. The number of carbonyl (C=O) groups is 4. The van der Waals surface area contributed by atoms with Gasteiger partial charge in [0.05, 0.1) is 12.6 Å². The Balaban J connectivity index is 1.97. The SMILES string of the molecule is C[C@@H]1C=C[C@H](C)[C@@]2(F)CN(C(=O)[C@@H](NC(=O)C(F)(F)F)C(C)(C)C)[C@H](C(=O)N[C@H](C#N)C[C@@H]3CCNC3=O)[C@@H]12. The number of nitrogens with one attached hydrogen (secondary N) is 3. The average Bonchev–Trinajstić information content (AvgIpc) is 3.38. The maximum Gasteiger partial charge on any atom is 0.471 e. The number of alkyl halides is 4. The topological polar surface area (TPSA) is 131 Å². The van der Waals surface area contributed by atoms with E-state index < -0.39 is 83.3 Å². The molecule has 2 heterocycles. The third kappa shape index (κ3) is 6.04. The van der Waals surface area contributed by atoms with Gasteiger partial charge in [0.15, 0.2) is 0 Å². The molecule has 13 heteroatoms. The van der Waals surface area contributed by atoms with Gasteiger partial charge in [0.2, 0.25) is 17.7 Å². The van der Waals surface area contributed by atoms with E-state index in [4.69, 9.17) is 0 Å². The van der Waals surface area contributed by atoms with Crippen LogP contribution in [0.1, 0.15) is 47.5 Å². The molecule has 39 heavy (non-hydrogen) atoms. The summed E-state index contributed by atoms with van der Waals surface area (Å²) in [6.45, 7) is 7.45. The zero-order valence-electron chi connectivity index (χ0n) is 22.6. The molecule has 0 bridgehead atoms. The van der Waals surface area contributed by atoms with Crippen LogP contribution in [0.15, 0.2) is 12.2 Å². The van der Waals surface area contributed by atoms with Gasteiger partial charge in [0.1, 0.15) is 23.8 Å². The molecule has 0 aromatic heterocycles. The summed E-state index contributed by atoms with van der Waals surface area (Å²) in [5.74, 6) is -7.27. The number of hydrogen-bond donors (Lipinski definition) is 3. The van der Waals surface area contributed by atoms with Gasteiger partial charge < -0.3 is 20.9 Å². The second-order valence-electron chi connectivity index (χ2n) is 11.9. The van der Waals surface area contributed by atoms with Crippen molar-refractivity contribution < 1.29 is 36.7 Å². The van der Waals surface area contributed by atoms with Gasteiger partial charge in [-0.05, 0) is 24.2 Å². The average molecular weight is 558 g/mol. The highest BCUT2D eigenvalue weighted by atomic mass is 19.4. The second kappa shape index (κ2) is 10.8. The Bertz CT molecular complexity index is 1080. The number of nitrogens with zero attached hydrogens (tertiary/aromatic N) is 2. The van der Waals surface area contributed by atoms with Gasteiger partial charge in [-0.15, -0.1) is 0 Å². The molecule has 2 aliphatic heterocycles. The van der Waals surface area contributed by atoms with Crippen LogP contribution in [-0.4, -0.2) is 71.6 Å². The van der Waals surface area contributed by atoms with Gasteiger partial charge >= 0.3 is 12.1 Å². The van der Waals surface area contributed by atoms with Crippen molar-refractivity contribution in [3.8, 4) is 6.07 Å². The molecule has 0 radical (unpaired) electrons. The third-order valence-electron chi connectivity index (χ3n) is 8.02. The van der Waals surface area contributed by atoms with Gasteiger partial charge in [0, 0.05) is 24.3 Å². The fourth-order valence-corrected chi connectivity index (χ4v) is 5.82. The third-order valence-corrected chi connectivity index (χ3v) is 8.02. The van der Waals surface area contributed by atoms with Crippen LogP contribution in [0, 0.1) is 40.4 Å². The highest BCUT2D eigenvalue weighted by Gasteiger charge is 2.63. The number of nitriles is 1. The maximum atomic E-state index is 16.6. The molecule has 0 aromatic rings. The summed E-state index contributed by atoms with van der Waals surface area (Å²) < 4.78 is 55.9. The lowest BCUT2D eigenvalue weighted by Gasteiger charge is -2.39. The van der Waals surface area contributed by atoms with Crippen LogP contribution in [0.2, 0.25) is 0 Å². The Labute approximate surface area is 224 Å². The molecule has 0 saturated carbocycles. The van der Waals surface area contributed by atoms with Gasteiger partial charge in [0.25, 0.3) is 0 Å². The van der Waals surface area contributed by atoms with Crippen molar-refractivity contribution in [2.45, 2.75) is 77.4 Å². The van der Waals surface area contributed by atoms with Crippen molar-refractivity contribution in [2.24, 2.45) is 29.1 Å². The number of fused-ring (bicyclic) bond motifs is 1. The van der Waals surface area contributed by atoms with Crippen molar-refractivity contribution in [3.05, 3.63) is 12.2 Å². The molecule has 1 aliphatic carbocycles. The molecule has 2 fully saturated rings. The minimum absolute atomic E-state index is 0.0122. The first kappa shape index (κ1) is 30.4. The second-order valence-corrected chi connectivity index (χ2v) is 11.9. The molecule has 8 atom stereocenters. The Hall–Kier alpha value is -3.17. The van der Waals surface area contributed by atoms with E-state index >= 15 is 4.39 Å². The first-order valence-electron chi connectivity index (χ1n) is 12.9. The molecule has 3 aliphatic rings. The monoisotopic (exact) mass is 557 g/mol. The summed E-state index contributed by atoms with van der Waals surface area (Å²) in [4.78, 5) is 52.2. The zero-order valence-corrected chi connectivity index (χ0v) is 22.6. The molecule has 4 amide bonds. The first-order chi connectivity index (χ1) is 17.9. The van der Waals surface area contributed by atoms with E-state index in [-0.39, 0.29) is 12.3 Å². The molecule has 0 aromatic carbocycles. The minimum Gasteiger partial charge on any atom is -0.356 e. The van der Waals surface area contributed by atoms with E-state index in [0.717, 1.165) is 4.90 Å². The number of likely N-dealkylation sites (tertiary alicyclic amines) is 1. The highest BCUT2D eigenvalue weighted by Crippen LogP contribution is 2.50.